The first kappa shape index (κ1) is 20.0. The van der Waals surface area contributed by atoms with Gasteiger partial charge in [0, 0.05) is 16.6 Å². The summed E-state index contributed by atoms with van der Waals surface area (Å²) in [6.07, 6.45) is 1.45. The lowest BCUT2D eigenvalue weighted by Gasteiger charge is -2.11. The van der Waals surface area contributed by atoms with Crippen LogP contribution in [-0.2, 0) is 11.3 Å². The predicted molar refractivity (Wildman–Crippen MR) is 123 cm³/mol. The first-order valence-electron chi connectivity index (χ1n) is 9.75. The molecule has 0 atom stereocenters. The quantitative estimate of drug-likeness (QED) is 0.508. The van der Waals surface area contributed by atoms with Gasteiger partial charge in [0.15, 0.2) is 0 Å². The van der Waals surface area contributed by atoms with Gasteiger partial charge in [0.2, 0.25) is 5.91 Å². The summed E-state index contributed by atoms with van der Waals surface area (Å²) in [6.45, 7) is 7.96. The van der Waals surface area contributed by atoms with Gasteiger partial charge < -0.3 is 5.32 Å². The second-order valence-electron chi connectivity index (χ2n) is 7.69. The highest BCUT2D eigenvalue weighted by Gasteiger charge is 2.16. The van der Waals surface area contributed by atoms with E-state index in [4.69, 9.17) is 0 Å². The summed E-state index contributed by atoms with van der Waals surface area (Å²) in [5.74, 6) is -0.256. The van der Waals surface area contributed by atoms with E-state index in [2.05, 4.69) is 16.4 Å². The van der Waals surface area contributed by atoms with Gasteiger partial charge in [0.05, 0.1) is 11.7 Å². The number of aromatic nitrogens is 2. The zero-order valence-electron chi connectivity index (χ0n) is 17.4. The lowest BCUT2D eigenvalue weighted by atomic mass is 9.99. The van der Waals surface area contributed by atoms with Gasteiger partial charge in [-0.05, 0) is 50.5 Å². The summed E-state index contributed by atoms with van der Waals surface area (Å²) in [7, 11) is 0. The Morgan fingerprint density at radius 2 is 1.70 bits per heavy atom. The molecule has 1 N–H and O–H groups in total. The van der Waals surface area contributed by atoms with E-state index in [9.17, 15) is 9.59 Å². The van der Waals surface area contributed by atoms with Crippen LogP contribution in [-0.4, -0.2) is 15.5 Å². The molecule has 4 rings (SSSR count). The van der Waals surface area contributed by atoms with Gasteiger partial charge in [-0.25, -0.2) is 4.98 Å². The van der Waals surface area contributed by atoms with Crippen LogP contribution < -0.4 is 10.9 Å². The number of nitrogens with one attached hydrogen (secondary N) is 1. The lowest BCUT2D eigenvalue weighted by Crippen LogP contribution is -2.28. The van der Waals surface area contributed by atoms with E-state index < -0.39 is 0 Å². The van der Waals surface area contributed by atoms with Crippen LogP contribution in [0.25, 0.3) is 21.3 Å². The number of fused-ring (bicyclic) bond motifs is 1. The topological polar surface area (TPSA) is 64.0 Å². The zero-order valence-corrected chi connectivity index (χ0v) is 18.3. The first-order chi connectivity index (χ1) is 14.3. The molecule has 0 aliphatic carbocycles. The molecule has 4 aromatic rings. The molecule has 152 valence electrons. The summed E-state index contributed by atoms with van der Waals surface area (Å²) in [6, 6.07) is 12.0. The molecular formula is C24H23N3O2S. The Bertz CT molecular complexity index is 1330. The Balaban J connectivity index is 1.68. The van der Waals surface area contributed by atoms with E-state index in [1.54, 1.807) is 0 Å². The third-order valence-corrected chi connectivity index (χ3v) is 6.09. The van der Waals surface area contributed by atoms with E-state index in [0.717, 1.165) is 33.5 Å². The Labute approximate surface area is 179 Å². The lowest BCUT2D eigenvalue weighted by molar-refractivity contribution is -0.116. The fourth-order valence-electron chi connectivity index (χ4n) is 3.69. The Morgan fingerprint density at radius 1 is 1.00 bits per heavy atom. The number of hydrogen-bond donors (Lipinski definition) is 1. The third kappa shape index (κ3) is 3.78. The van der Waals surface area contributed by atoms with Crippen LogP contribution in [0.3, 0.4) is 0 Å². The number of aryl methyl sites for hydroxylation is 4. The molecule has 0 fully saturated rings. The second-order valence-corrected chi connectivity index (χ2v) is 8.55. The average molecular weight is 418 g/mol. The summed E-state index contributed by atoms with van der Waals surface area (Å²) >= 11 is 1.44. The van der Waals surface area contributed by atoms with Crippen LogP contribution in [0.1, 0.15) is 22.3 Å². The number of benzene rings is 2. The summed E-state index contributed by atoms with van der Waals surface area (Å²) < 4.78 is 1.38. The van der Waals surface area contributed by atoms with Crippen molar-refractivity contribution in [2.45, 2.75) is 34.2 Å². The minimum atomic E-state index is -0.256. The maximum atomic E-state index is 13.2. The van der Waals surface area contributed by atoms with Crippen LogP contribution >= 0.6 is 11.3 Å². The fraction of sp³-hybridized carbons (Fsp3) is 0.208. The molecule has 0 aliphatic rings. The van der Waals surface area contributed by atoms with Crippen molar-refractivity contribution in [1.82, 2.24) is 9.55 Å². The summed E-state index contributed by atoms with van der Waals surface area (Å²) in [5.41, 5.74) is 6.84. The predicted octanol–water partition coefficient (Wildman–Crippen LogP) is 5.00. The smallest absolute Gasteiger partial charge is 0.263 e. The standard InChI is InChI=1S/C24H23N3O2S/c1-14-5-7-18(16(3)9-14)19-12-30-23-22(19)24(29)27(13-25-23)11-21(28)26-20-8-6-15(2)10-17(20)4/h5-10,12-13H,11H2,1-4H3,(H,26,28). The normalized spacial score (nSPS) is 11.1. The second kappa shape index (κ2) is 7.88. The molecule has 0 bridgehead atoms. The number of carbonyl (C=O) groups is 1. The summed E-state index contributed by atoms with van der Waals surface area (Å²) in [5, 5.41) is 5.43. The van der Waals surface area contributed by atoms with E-state index in [0.29, 0.717) is 10.2 Å². The van der Waals surface area contributed by atoms with Gasteiger partial charge in [-0.2, -0.15) is 0 Å². The molecule has 1 amide bonds. The third-order valence-electron chi connectivity index (χ3n) is 5.20. The zero-order chi connectivity index (χ0) is 21.4. The molecule has 0 spiro atoms. The van der Waals surface area contributed by atoms with Crippen molar-refractivity contribution in [3.63, 3.8) is 0 Å². The molecule has 0 unspecified atom stereocenters. The number of anilines is 1. The number of nitrogens with zero attached hydrogens (tertiary/aromatic N) is 2. The van der Waals surface area contributed by atoms with Crippen LogP contribution in [0.15, 0.2) is 52.9 Å². The highest BCUT2D eigenvalue weighted by atomic mass is 32.1. The van der Waals surface area contributed by atoms with Crippen LogP contribution in [0.5, 0.6) is 0 Å². The number of carbonyl (C=O) groups excluding carboxylic acids is 1. The largest absolute Gasteiger partial charge is 0.324 e. The molecule has 2 aromatic carbocycles. The number of rotatable bonds is 4. The number of thiophene rings is 1. The maximum absolute atomic E-state index is 13.2. The summed E-state index contributed by atoms with van der Waals surface area (Å²) in [4.78, 5) is 30.9. The van der Waals surface area contributed by atoms with Crippen molar-refractivity contribution < 1.29 is 4.79 Å². The van der Waals surface area contributed by atoms with Crippen molar-refractivity contribution >= 4 is 33.1 Å². The van der Waals surface area contributed by atoms with Crippen molar-refractivity contribution in [1.29, 1.82) is 0 Å². The van der Waals surface area contributed by atoms with Crippen LogP contribution in [0.4, 0.5) is 5.69 Å². The van der Waals surface area contributed by atoms with Crippen molar-refractivity contribution in [2.75, 3.05) is 5.32 Å². The minimum absolute atomic E-state index is 0.0861. The van der Waals surface area contributed by atoms with Crippen molar-refractivity contribution in [3.05, 3.63) is 80.7 Å². The average Bonchev–Trinajstić information content (AvgIpc) is 3.11. The van der Waals surface area contributed by atoms with Gasteiger partial charge in [0.25, 0.3) is 5.56 Å². The molecule has 6 heteroatoms. The fourth-order valence-corrected chi connectivity index (χ4v) is 4.59. The molecule has 2 aromatic heterocycles. The highest BCUT2D eigenvalue weighted by Crippen LogP contribution is 2.33. The van der Waals surface area contributed by atoms with E-state index in [1.807, 2.05) is 63.4 Å². The van der Waals surface area contributed by atoms with Gasteiger partial charge in [-0.1, -0.05) is 41.5 Å². The SMILES string of the molecule is Cc1ccc(NC(=O)Cn2cnc3scc(-c4ccc(C)cc4C)c3c2=O)c(C)c1. The van der Waals surface area contributed by atoms with Crippen LogP contribution in [0.2, 0.25) is 0 Å². The number of amides is 1. The molecule has 5 nitrogen and oxygen atoms in total. The maximum Gasteiger partial charge on any atom is 0.263 e. The van der Waals surface area contributed by atoms with Crippen molar-refractivity contribution in [2.24, 2.45) is 0 Å². The molecule has 0 saturated carbocycles. The molecule has 0 saturated heterocycles. The highest BCUT2D eigenvalue weighted by molar-refractivity contribution is 7.17. The minimum Gasteiger partial charge on any atom is -0.324 e. The van der Waals surface area contributed by atoms with Crippen molar-refractivity contribution in [3.8, 4) is 11.1 Å². The molecule has 2 heterocycles. The molecular weight excluding hydrogens is 394 g/mol. The first-order valence-corrected chi connectivity index (χ1v) is 10.6. The Kier molecular flexibility index (Phi) is 5.26. The van der Waals surface area contributed by atoms with E-state index >= 15 is 0 Å². The van der Waals surface area contributed by atoms with Gasteiger partial charge in [0.1, 0.15) is 11.4 Å². The Morgan fingerprint density at radius 3 is 2.40 bits per heavy atom. The molecule has 0 radical (unpaired) electrons. The van der Waals surface area contributed by atoms with Gasteiger partial charge >= 0.3 is 0 Å². The van der Waals surface area contributed by atoms with Gasteiger partial charge in [-0.3, -0.25) is 14.2 Å². The monoisotopic (exact) mass is 417 g/mol. The Hall–Kier alpha value is -3.25. The van der Waals surface area contributed by atoms with E-state index in [-0.39, 0.29) is 18.0 Å². The van der Waals surface area contributed by atoms with Crippen LogP contribution in [0, 0.1) is 27.7 Å². The molecule has 30 heavy (non-hydrogen) atoms. The number of hydrogen-bond acceptors (Lipinski definition) is 4. The molecule has 0 aliphatic heterocycles. The van der Waals surface area contributed by atoms with Gasteiger partial charge in [-0.15, -0.1) is 11.3 Å². The van der Waals surface area contributed by atoms with E-state index in [1.165, 1.54) is 27.8 Å².